The Kier molecular flexibility index (Phi) is 6.60. The van der Waals surface area contributed by atoms with Gasteiger partial charge < -0.3 is 19.9 Å². The van der Waals surface area contributed by atoms with Crippen molar-refractivity contribution in [1.29, 1.82) is 0 Å². The predicted molar refractivity (Wildman–Crippen MR) is 70.6 cm³/mol. The maximum absolute atomic E-state index is 10.9. The standard InChI is InChI=1S/C11H18N4O5/c1-8-9(15(16)17)10(14-11(12)13-8)20-7-6-19-5-3-4-18-2/h3-7H2,1-2H3,(H2,12,13,14). The quantitative estimate of drug-likeness (QED) is 0.400. The zero-order valence-electron chi connectivity index (χ0n) is 11.5. The molecule has 1 aromatic rings. The van der Waals surface area contributed by atoms with Gasteiger partial charge in [-0.15, -0.1) is 0 Å². The fraction of sp³-hybridized carbons (Fsp3) is 0.636. The molecule has 0 aliphatic rings. The lowest BCUT2D eigenvalue weighted by atomic mass is 10.3. The molecule has 112 valence electrons. The summed E-state index contributed by atoms with van der Waals surface area (Å²) in [6.07, 6.45) is 0.774. The number of nitrogens with zero attached hydrogens (tertiary/aromatic N) is 3. The van der Waals surface area contributed by atoms with E-state index in [4.69, 9.17) is 19.9 Å². The lowest BCUT2D eigenvalue weighted by molar-refractivity contribution is -0.387. The van der Waals surface area contributed by atoms with E-state index in [0.717, 1.165) is 6.42 Å². The minimum absolute atomic E-state index is 0.0656. The molecule has 0 saturated carbocycles. The van der Waals surface area contributed by atoms with Gasteiger partial charge >= 0.3 is 5.69 Å². The topological polar surface area (TPSA) is 123 Å². The molecule has 0 aliphatic heterocycles. The second-order valence-electron chi connectivity index (χ2n) is 3.89. The molecule has 20 heavy (non-hydrogen) atoms. The Bertz CT molecular complexity index is 455. The van der Waals surface area contributed by atoms with Crippen LogP contribution >= 0.6 is 0 Å². The number of nitrogen functional groups attached to an aromatic ring is 1. The van der Waals surface area contributed by atoms with Crippen molar-refractivity contribution < 1.29 is 19.1 Å². The summed E-state index contributed by atoms with van der Waals surface area (Å²) in [6.45, 7) is 3.07. The summed E-state index contributed by atoms with van der Waals surface area (Å²) in [7, 11) is 1.62. The fourth-order valence-electron chi connectivity index (χ4n) is 1.48. The average Bonchev–Trinajstić information content (AvgIpc) is 2.36. The van der Waals surface area contributed by atoms with Crippen LogP contribution in [-0.2, 0) is 9.47 Å². The number of nitrogens with two attached hydrogens (primary N) is 1. The van der Waals surface area contributed by atoms with Crippen LogP contribution in [0.5, 0.6) is 5.88 Å². The highest BCUT2D eigenvalue weighted by Gasteiger charge is 2.22. The number of anilines is 1. The van der Waals surface area contributed by atoms with Crippen molar-refractivity contribution >= 4 is 11.6 Å². The molecule has 0 unspecified atom stereocenters. The number of hydrogen-bond donors (Lipinski definition) is 1. The molecule has 1 aromatic heterocycles. The molecule has 0 saturated heterocycles. The average molecular weight is 286 g/mol. The number of aromatic nitrogens is 2. The van der Waals surface area contributed by atoms with Gasteiger partial charge in [-0.05, 0) is 13.3 Å². The van der Waals surface area contributed by atoms with E-state index in [-0.39, 0.29) is 29.8 Å². The Balaban J connectivity index is 2.49. The van der Waals surface area contributed by atoms with Crippen molar-refractivity contribution in [3.8, 4) is 5.88 Å². The SMILES string of the molecule is COCCCOCCOc1nc(N)nc(C)c1[N+](=O)[O-]. The third kappa shape index (κ3) is 4.94. The van der Waals surface area contributed by atoms with E-state index in [1.54, 1.807) is 7.11 Å². The van der Waals surface area contributed by atoms with Crippen LogP contribution in [0.4, 0.5) is 11.6 Å². The minimum atomic E-state index is -0.594. The van der Waals surface area contributed by atoms with Crippen LogP contribution in [-0.4, -0.2) is 48.4 Å². The number of nitro groups is 1. The van der Waals surface area contributed by atoms with Crippen LogP contribution in [0.25, 0.3) is 0 Å². The summed E-state index contributed by atoms with van der Waals surface area (Å²) in [5.74, 6) is -0.204. The lowest BCUT2D eigenvalue weighted by Crippen LogP contribution is -2.12. The van der Waals surface area contributed by atoms with Gasteiger partial charge in [0.2, 0.25) is 5.95 Å². The Labute approximate surface area is 116 Å². The molecule has 1 rings (SSSR count). The van der Waals surface area contributed by atoms with E-state index < -0.39 is 4.92 Å². The first kappa shape index (κ1) is 16.1. The van der Waals surface area contributed by atoms with Crippen molar-refractivity contribution in [3.63, 3.8) is 0 Å². The number of aryl methyl sites for hydroxylation is 1. The van der Waals surface area contributed by atoms with E-state index in [1.165, 1.54) is 6.92 Å². The van der Waals surface area contributed by atoms with E-state index in [0.29, 0.717) is 19.8 Å². The summed E-state index contributed by atoms with van der Waals surface area (Å²) in [5, 5.41) is 10.9. The molecule has 2 N–H and O–H groups in total. The number of methoxy groups -OCH3 is 1. The monoisotopic (exact) mass is 286 g/mol. The second-order valence-corrected chi connectivity index (χ2v) is 3.89. The van der Waals surface area contributed by atoms with E-state index >= 15 is 0 Å². The van der Waals surface area contributed by atoms with Gasteiger partial charge in [-0.3, -0.25) is 10.1 Å². The van der Waals surface area contributed by atoms with Gasteiger partial charge in [-0.2, -0.15) is 4.98 Å². The lowest BCUT2D eigenvalue weighted by Gasteiger charge is -2.08. The highest BCUT2D eigenvalue weighted by atomic mass is 16.6. The number of ether oxygens (including phenoxy) is 3. The third-order valence-electron chi connectivity index (χ3n) is 2.33. The van der Waals surface area contributed by atoms with Crippen LogP contribution in [0.1, 0.15) is 12.1 Å². The Morgan fingerprint density at radius 3 is 2.65 bits per heavy atom. The summed E-state index contributed by atoms with van der Waals surface area (Å²) >= 11 is 0. The van der Waals surface area contributed by atoms with Gasteiger partial charge in [-0.1, -0.05) is 0 Å². The van der Waals surface area contributed by atoms with Crippen LogP contribution in [0.2, 0.25) is 0 Å². The molecule has 0 aromatic carbocycles. The van der Waals surface area contributed by atoms with Crippen molar-refractivity contribution in [2.45, 2.75) is 13.3 Å². The molecule has 9 heteroatoms. The molecule has 0 atom stereocenters. The van der Waals surface area contributed by atoms with Gasteiger partial charge in [0.05, 0.1) is 11.5 Å². The van der Waals surface area contributed by atoms with E-state index in [2.05, 4.69) is 9.97 Å². The van der Waals surface area contributed by atoms with Crippen LogP contribution in [0.3, 0.4) is 0 Å². The molecule has 1 heterocycles. The Hall–Kier alpha value is -2.00. The van der Waals surface area contributed by atoms with Gasteiger partial charge in [-0.25, -0.2) is 4.98 Å². The molecule has 0 amide bonds. The predicted octanol–water partition coefficient (Wildman–Crippen LogP) is 0.707. The maximum Gasteiger partial charge on any atom is 0.352 e. The Morgan fingerprint density at radius 2 is 2.00 bits per heavy atom. The van der Waals surface area contributed by atoms with Gasteiger partial charge in [0.25, 0.3) is 5.88 Å². The van der Waals surface area contributed by atoms with Crippen molar-refractivity contribution in [2.75, 3.05) is 39.3 Å². The normalized spacial score (nSPS) is 10.5. The van der Waals surface area contributed by atoms with E-state index in [9.17, 15) is 10.1 Å². The fourth-order valence-corrected chi connectivity index (χ4v) is 1.48. The van der Waals surface area contributed by atoms with Crippen molar-refractivity contribution in [3.05, 3.63) is 15.8 Å². The van der Waals surface area contributed by atoms with Crippen LogP contribution < -0.4 is 10.5 Å². The van der Waals surface area contributed by atoms with Crippen molar-refractivity contribution in [1.82, 2.24) is 9.97 Å². The van der Waals surface area contributed by atoms with Gasteiger partial charge in [0.15, 0.2) is 0 Å². The van der Waals surface area contributed by atoms with Gasteiger partial charge in [0.1, 0.15) is 12.3 Å². The summed E-state index contributed by atoms with van der Waals surface area (Å²) in [5.41, 5.74) is 5.33. The van der Waals surface area contributed by atoms with Crippen LogP contribution in [0, 0.1) is 17.0 Å². The maximum atomic E-state index is 10.9. The number of rotatable bonds is 9. The molecular weight excluding hydrogens is 268 g/mol. The zero-order chi connectivity index (χ0) is 15.0. The van der Waals surface area contributed by atoms with Gasteiger partial charge in [0, 0.05) is 20.3 Å². The smallest absolute Gasteiger partial charge is 0.352 e. The first-order valence-corrected chi connectivity index (χ1v) is 6.04. The highest BCUT2D eigenvalue weighted by Crippen LogP contribution is 2.27. The molecule has 9 nitrogen and oxygen atoms in total. The molecule has 0 aliphatic carbocycles. The molecular formula is C11H18N4O5. The van der Waals surface area contributed by atoms with Crippen LogP contribution in [0.15, 0.2) is 0 Å². The third-order valence-corrected chi connectivity index (χ3v) is 2.33. The first-order chi connectivity index (χ1) is 9.56. The highest BCUT2D eigenvalue weighted by molar-refractivity contribution is 5.47. The summed E-state index contributed by atoms with van der Waals surface area (Å²) < 4.78 is 15.4. The van der Waals surface area contributed by atoms with Crippen molar-refractivity contribution in [2.24, 2.45) is 0 Å². The van der Waals surface area contributed by atoms with E-state index in [1.807, 2.05) is 0 Å². The number of hydrogen-bond acceptors (Lipinski definition) is 8. The first-order valence-electron chi connectivity index (χ1n) is 6.04. The zero-order valence-corrected chi connectivity index (χ0v) is 11.5. The second kappa shape index (κ2) is 8.23. The summed E-state index contributed by atoms with van der Waals surface area (Å²) in [6, 6.07) is 0. The summed E-state index contributed by atoms with van der Waals surface area (Å²) in [4.78, 5) is 17.8. The Morgan fingerprint density at radius 1 is 1.25 bits per heavy atom. The molecule has 0 fully saturated rings. The minimum Gasteiger partial charge on any atom is -0.470 e. The molecule has 0 bridgehead atoms. The largest absolute Gasteiger partial charge is 0.470 e. The molecule has 0 spiro atoms. The molecule has 0 radical (unpaired) electrons.